The highest BCUT2D eigenvalue weighted by molar-refractivity contribution is 6.04. The fourth-order valence-electron chi connectivity index (χ4n) is 3.57. The monoisotopic (exact) mass is 466 g/mol. The maximum Gasteiger partial charge on any atom is 0.255 e. The van der Waals surface area contributed by atoms with Crippen molar-refractivity contribution in [3.05, 3.63) is 108 Å². The van der Waals surface area contributed by atoms with Crippen LogP contribution in [0.15, 0.2) is 97.2 Å². The molecule has 1 amide bonds. The van der Waals surface area contributed by atoms with E-state index in [-0.39, 0.29) is 5.91 Å². The highest BCUT2D eigenvalue weighted by Gasteiger charge is 2.09. The zero-order chi connectivity index (χ0) is 24.6. The average molecular weight is 467 g/mol. The minimum absolute atomic E-state index is 0.183. The van der Waals surface area contributed by atoms with Crippen LogP contribution in [0, 0.1) is 6.92 Å². The normalized spacial score (nSPS) is 10.5. The topological polar surface area (TPSA) is 57.7 Å². The summed E-state index contributed by atoms with van der Waals surface area (Å²) in [4.78, 5) is 21.5. The fourth-order valence-corrected chi connectivity index (χ4v) is 3.57. The lowest BCUT2D eigenvalue weighted by Gasteiger charge is -2.24. The van der Waals surface area contributed by atoms with E-state index in [0.717, 1.165) is 36.0 Å². The van der Waals surface area contributed by atoms with Crippen LogP contribution >= 0.6 is 0 Å². The van der Waals surface area contributed by atoms with Gasteiger partial charge in [-0.05, 0) is 73.7 Å². The van der Waals surface area contributed by atoms with Gasteiger partial charge in [0.1, 0.15) is 17.3 Å². The van der Waals surface area contributed by atoms with Gasteiger partial charge in [-0.2, -0.15) is 0 Å². The van der Waals surface area contributed by atoms with Crippen LogP contribution in [0.1, 0.15) is 15.9 Å². The average Bonchev–Trinajstić information content (AvgIpc) is 2.89. The van der Waals surface area contributed by atoms with E-state index >= 15 is 0 Å². The number of ether oxygens (including phenoxy) is 1. The first-order chi connectivity index (χ1) is 17.0. The highest BCUT2D eigenvalue weighted by Crippen LogP contribution is 2.23. The van der Waals surface area contributed by atoms with Crippen LogP contribution in [-0.2, 0) is 0 Å². The number of anilines is 3. The smallest absolute Gasteiger partial charge is 0.255 e. The van der Waals surface area contributed by atoms with Gasteiger partial charge in [0.15, 0.2) is 0 Å². The molecule has 0 saturated carbocycles. The second-order valence-corrected chi connectivity index (χ2v) is 8.47. The Morgan fingerprint density at radius 1 is 0.829 bits per heavy atom. The second kappa shape index (κ2) is 11.2. The summed E-state index contributed by atoms with van der Waals surface area (Å²) in [6.45, 7) is 3.71. The summed E-state index contributed by atoms with van der Waals surface area (Å²) in [6.07, 6.45) is 1.80. The van der Waals surface area contributed by atoms with Gasteiger partial charge in [0.05, 0.1) is 0 Å². The summed E-state index contributed by atoms with van der Waals surface area (Å²) in [7, 11) is 4.09. The van der Waals surface area contributed by atoms with Gasteiger partial charge in [-0.1, -0.05) is 29.8 Å². The Morgan fingerprint density at radius 3 is 2.29 bits per heavy atom. The van der Waals surface area contributed by atoms with Crippen LogP contribution in [-0.4, -0.2) is 38.1 Å². The number of carbonyl (C=O) groups excluding carboxylic acids is 1. The summed E-state index contributed by atoms with van der Waals surface area (Å²) in [6, 6.07) is 28.7. The SMILES string of the molecule is Cc1ccc(Oc2cccc(C(=O)Nc3ccc(N(C)CCN(C)c4ccccn4)cc3)c2)cc1. The number of aromatic nitrogens is 1. The third kappa shape index (κ3) is 6.60. The number of rotatable bonds is 9. The van der Waals surface area contributed by atoms with Crippen molar-refractivity contribution in [2.45, 2.75) is 6.92 Å². The van der Waals surface area contributed by atoms with Crippen molar-refractivity contribution >= 4 is 23.1 Å². The van der Waals surface area contributed by atoms with Gasteiger partial charge in [-0.3, -0.25) is 4.79 Å². The van der Waals surface area contributed by atoms with Gasteiger partial charge in [-0.15, -0.1) is 0 Å². The molecule has 0 atom stereocenters. The van der Waals surface area contributed by atoms with E-state index in [2.05, 4.69) is 27.1 Å². The molecule has 0 unspecified atom stereocenters. The number of likely N-dealkylation sites (N-methyl/N-ethyl adjacent to an activating group) is 2. The summed E-state index contributed by atoms with van der Waals surface area (Å²) < 4.78 is 5.89. The molecule has 1 N–H and O–H groups in total. The van der Waals surface area contributed by atoms with Gasteiger partial charge in [0, 0.05) is 50.3 Å². The van der Waals surface area contributed by atoms with Gasteiger partial charge < -0.3 is 19.9 Å². The number of amides is 1. The van der Waals surface area contributed by atoms with E-state index in [1.807, 2.05) is 92.8 Å². The van der Waals surface area contributed by atoms with Crippen LogP contribution in [0.3, 0.4) is 0 Å². The lowest BCUT2D eigenvalue weighted by Crippen LogP contribution is -2.31. The number of nitrogens with zero attached hydrogens (tertiary/aromatic N) is 3. The third-order valence-electron chi connectivity index (χ3n) is 5.73. The zero-order valence-electron chi connectivity index (χ0n) is 20.3. The van der Waals surface area contributed by atoms with Crippen LogP contribution in [0.2, 0.25) is 0 Å². The molecule has 6 heteroatoms. The Bertz CT molecular complexity index is 1240. The third-order valence-corrected chi connectivity index (χ3v) is 5.73. The Labute approximate surface area is 206 Å². The summed E-state index contributed by atoms with van der Waals surface area (Å²) in [5.74, 6) is 2.12. The predicted octanol–water partition coefficient (Wildman–Crippen LogP) is 6.01. The molecule has 4 rings (SSSR count). The number of nitrogens with one attached hydrogen (secondary N) is 1. The molecule has 4 aromatic rings. The van der Waals surface area contributed by atoms with E-state index in [4.69, 9.17) is 4.74 Å². The van der Waals surface area contributed by atoms with Crippen molar-refractivity contribution in [2.75, 3.05) is 42.3 Å². The standard InChI is InChI=1S/C29H30N4O2/c1-22-10-16-26(17-11-22)35-27-8-6-7-23(21-27)29(34)31-24-12-14-25(15-13-24)32(2)19-20-33(3)28-9-4-5-18-30-28/h4-18,21H,19-20H2,1-3H3,(H,31,34). The number of pyridine rings is 1. The minimum atomic E-state index is -0.183. The molecule has 1 aromatic heterocycles. The quantitative estimate of drug-likeness (QED) is 0.327. The molecule has 0 spiro atoms. The highest BCUT2D eigenvalue weighted by atomic mass is 16.5. The molecule has 0 aliphatic rings. The number of hydrogen-bond donors (Lipinski definition) is 1. The molecule has 178 valence electrons. The first-order valence-electron chi connectivity index (χ1n) is 11.6. The molecule has 35 heavy (non-hydrogen) atoms. The Kier molecular flexibility index (Phi) is 7.63. The molecule has 6 nitrogen and oxygen atoms in total. The molecular weight excluding hydrogens is 436 g/mol. The Morgan fingerprint density at radius 2 is 1.57 bits per heavy atom. The fraction of sp³-hybridized carbons (Fsp3) is 0.172. The molecule has 1 heterocycles. The van der Waals surface area contributed by atoms with Crippen molar-refractivity contribution in [3.63, 3.8) is 0 Å². The maximum absolute atomic E-state index is 12.8. The maximum atomic E-state index is 12.8. The molecule has 0 saturated heterocycles. The molecule has 0 fully saturated rings. The van der Waals surface area contributed by atoms with E-state index in [1.54, 1.807) is 18.3 Å². The molecule has 3 aromatic carbocycles. The van der Waals surface area contributed by atoms with Gasteiger partial charge in [0.25, 0.3) is 5.91 Å². The van der Waals surface area contributed by atoms with Crippen LogP contribution in [0.25, 0.3) is 0 Å². The van der Waals surface area contributed by atoms with Gasteiger partial charge in [0.2, 0.25) is 0 Å². The van der Waals surface area contributed by atoms with E-state index < -0.39 is 0 Å². The van der Waals surface area contributed by atoms with E-state index in [0.29, 0.717) is 11.3 Å². The first-order valence-corrected chi connectivity index (χ1v) is 11.6. The van der Waals surface area contributed by atoms with Gasteiger partial charge >= 0.3 is 0 Å². The first kappa shape index (κ1) is 23.8. The summed E-state index contributed by atoms with van der Waals surface area (Å²) >= 11 is 0. The van der Waals surface area contributed by atoms with Crippen molar-refractivity contribution < 1.29 is 9.53 Å². The molecule has 0 aliphatic heterocycles. The number of hydrogen-bond acceptors (Lipinski definition) is 5. The van der Waals surface area contributed by atoms with Crippen LogP contribution in [0.5, 0.6) is 11.5 Å². The molecule has 0 bridgehead atoms. The second-order valence-electron chi connectivity index (χ2n) is 8.47. The predicted molar refractivity (Wildman–Crippen MR) is 143 cm³/mol. The van der Waals surface area contributed by atoms with Crippen molar-refractivity contribution in [1.82, 2.24) is 4.98 Å². The minimum Gasteiger partial charge on any atom is -0.457 e. The van der Waals surface area contributed by atoms with Crippen molar-refractivity contribution in [2.24, 2.45) is 0 Å². The molecular formula is C29H30N4O2. The molecule has 0 radical (unpaired) electrons. The number of aryl methyl sites for hydroxylation is 1. The lowest BCUT2D eigenvalue weighted by atomic mass is 10.2. The van der Waals surface area contributed by atoms with E-state index in [1.165, 1.54) is 5.56 Å². The lowest BCUT2D eigenvalue weighted by molar-refractivity contribution is 0.102. The zero-order valence-corrected chi connectivity index (χ0v) is 20.3. The molecule has 0 aliphatic carbocycles. The Hall–Kier alpha value is -4.32. The number of carbonyl (C=O) groups is 1. The van der Waals surface area contributed by atoms with Crippen molar-refractivity contribution in [3.8, 4) is 11.5 Å². The Balaban J connectivity index is 1.32. The van der Waals surface area contributed by atoms with Crippen LogP contribution < -0.4 is 19.9 Å². The largest absolute Gasteiger partial charge is 0.457 e. The number of benzene rings is 3. The van der Waals surface area contributed by atoms with E-state index in [9.17, 15) is 4.79 Å². The van der Waals surface area contributed by atoms with Gasteiger partial charge in [-0.25, -0.2) is 4.98 Å². The van der Waals surface area contributed by atoms with Crippen LogP contribution in [0.4, 0.5) is 17.2 Å². The summed E-state index contributed by atoms with van der Waals surface area (Å²) in [5.41, 5.74) is 3.52. The van der Waals surface area contributed by atoms with Crippen molar-refractivity contribution in [1.29, 1.82) is 0 Å². The summed E-state index contributed by atoms with van der Waals surface area (Å²) in [5, 5.41) is 2.97.